The molecule has 20 rings (SSSR count). The first-order valence-corrected chi connectivity index (χ1v) is 37.3. The number of hydrogen-bond acceptors (Lipinski definition) is 15. The van der Waals surface area contributed by atoms with Crippen LogP contribution in [0.3, 0.4) is 0 Å². The van der Waals surface area contributed by atoms with Gasteiger partial charge in [0.05, 0.1) is 44.7 Å². The minimum atomic E-state index is 0.332. The van der Waals surface area contributed by atoms with Gasteiger partial charge in [0.15, 0.2) is 69.9 Å². The fourth-order valence-corrected chi connectivity index (χ4v) is 15.0. The molecule has 0 unspecified atom stereocenters. The van der Waals surface area contributed by atoms with Crippen molar-refractivity contribution < 1.29 is 0 Å². The third-order valence-electron chi connectivity index (χ3n) is 20.3. The maximum atomic E-state index is 12.4. The minimum absolute atomic E-state index is 0.332. The van der Waals surface area contributed by atoms with Crippen LogP contribution in [0.15, 0.2) is 334 Å². The van der Waals surface area contributed by atoms with Crippen molar-refractivity contribution in [2.75, 3.05) is 0 Å². The molecule has 13 aromatic carbocycles. The summed E-state index contributed by atoms with van der Waals surface area (Å²) in [6.45, 7) is 3.88. The van der Waals surface area contributed by atoms with E-state index in [0.29, 0.717) is 115 Å². The van der Waals surface area contributed by atoms with Crippen LogP contribution in [0.25, 0.3) is 203 Å². The highest BCUT2D eigenvalue weighted by atomic mass is 15.1. The summed E-state index contributed by atoms with van der Waals surface area (Å²) in [6.07, 6.45) is 0. The van der Waals surface area contributed by atoms with Crippen LogP contribution >= 0.6 is 0 Å². The average Bonchev–Trinajstić information content (AvgIpc) is 1.56. The van der Waals surface area contributed by atoms with E-state index >= 15 is 0 Å². The lowest BCUT2D eigenvalue weighted by Gasteiger charge is -2.19. The zero-order chi connectivity index (χ0) is 76.2. The van der Waals surface area contributed by atoms with Crippen LogP contribution in [0.1, 0.15) is 17.1 Å². The van der Waals surface area contributed by atoms with Gasteiger partial charge in [-0.15, -0.1) is 0 Å². The molecule has 534 valence electrons. The number of fused-ring (bicyclic) bond motifs is 6. The van der Waals surface area contributed by atoms with Gasteiger partial charge in [0.1, 0.15) is 11.9 Å². The highest BCUT2D eigenvalue weighted by Gasteiger charge is 2.27. The summed E-state index contributed by atoms with van der Waals surface area (Å²) in [5.41, 5.74) is 16.2. The van der Waals surface area contributed by atoms with Crippen LogP contribution < -0.4 is 0 Å². The van der Waals surface area contributed by atoms with Gasteiger partial charge >= 0.3 is 0 Å². The molecule has 114 heavy (non-hydrogen) atoms. The number of nitriles is 1. The van der Waals surface area contributed by atoms with Gasteiger partial charge in [0.2, 0.25) is 0 Å². The Labute approximate surface area is 653 Å². The van der Waals surface area contributed by atoms with E-state index < -0.39 is 0 Å². The standard InChI is InChI=1S/C97H61N17/c1-59-51-79(100-60(2)99-59)78-57-80(113-81-52-69(94-105-86(61-27-11-3-12-28-61)101-87(106-94)62-29-13-4-14-30-62)43-47-74(81)75-48-44-70(53-82(75)113)95-107-88(63-31-15-5-16-32-63)102-89(108-95)64-33-17-6-18-34-64)73(58-98)56-85(78)114-83-54-71(96-109-90(65-35-19-7-20-36-65)103-91(110-96)66-37-21-8-22-38-66)45-49-76(83)77-50-46-72(55-84(77)114)97-111-92(67-39-23-9-24-40-67)104-93(112-97)68-41-25-10-26-42-68/h3-57H,1-2H3. The number of aromatic nitrogens is 16. The molecular weight excluding hydrogens is 1400 g/mol. The Morgan fingerprint density at radius 2 is 0.447 bits per heavy atom. The average molecular weight is 1460 g/mol. The lowest BCUT2D eigenvalue weighted by Crippen LogP contribution is -2.06. The Morgan fingerprint density at radius 1 is 0.219 bits per heavy atom. The van der Waals surface area contributed by atoms with E-state index in [1.807, 2.05) is 269 Å². The van der Waals surface area contributed by atoms with Crippen molar-refractivity contribution in [1.29, 1.82) is 5.26 Å². The lowest BCUT2D eigenvalue weighted by atomic mass is 10.0. The topological polar surface area (TPSA) is 214 Å². The molecule has 7 aromatic heterocycles. The Morgan fingerprint density at radius 3 is 0.675 bits per heavy atom. The fourth-order valence-electron chi connectivity index (χ4n) is 15.0. The SMILES string of the molecule is Cc1cc(-c2cc(-n3c4cc(-c5nc(-c6ccccc6)nc(-c6ccccc6)n5)ccc4c4ccc(-c5nc(-c6ccccc6)nc(-c6ccccc6)n5)cc43)c(C#N)cc2-n2c3cc(-c4nc(-c5ccccc5)nc(-c5ccccc5)n4)ccc3c3ccc(-c4nc(-c5ccccc5)nc(-c5ccccc5)n4)cc32)nc(C)n1. The van der Waals surface area contributed by atoms with Crippen LogP contribution in [0, 0.1) is 25.2 Å². The van der Waals surface area contributed by atoms with Crippen molar-refractivity contribution in [3.63, 3.8) is 0 Å². The summed E-state index contributed by atoms with van der Waals surface area (Å²) in [6, 6.07) is 114. The van der Waals surface area contributed by atoms with Crippen molar-refractivity contribution in [3.05, 3.63) is 351 Å². The Balaban J connectivity index is 0.875. The molecule has 0 N–H and O–H groups in total. The molecule has 0 saturated carbocycles. The van der Waals surface area contributed by atoms with E-state index in [1.165, 1.54) is 0 Å². The third kappa shape index (κ3) is 12.6. The fraction of sp³-hybridized carbons (Fsp3) is 0.0206. The second kappa shape index (κ2) is 28.6. The number of nitrogens with zero attached hydrogens (tertiary/aromatic N) is 17. The molecule has 0 spiro atoms. The third-order valence-corrected chi connectivity index (χ3v) is 20.3. The molecule has 0 radical (unpaired) electrons. The molecule has 20 aromatic rings. The summed E-state index contributed by atoms with van der Waals surface area (Å²) in [5.74, 6) is 6.54. The highest BCUT2D eigenvalue weighted by Crippen LogP contribution is 2.45. The van der Waals surface area contributed by atoms with E-state index in [0.717, 1.165) is 105 Å². The molecule has 0 saturated heterocycles. The predicted octanol–water partition coefficient (Wildman–Crippen LogP) is 21.6. The zero-order valence-electron chi connectivity index (χ0n) is 61.4. The molecule has 0 aliphatic rings. The summed E-state index contributed by atoms with van der Waals surface area (Å²) in [5, 5.41) is 16.1. The van der Waals surface area contributed by atoms with Crippen molar-refractivity contribution in [2.24, 2.45) is 0 Å². The van der Waals surface area contributed by atoms with Crippen LogP contribution in [0.5, 0.6) is 0 Å². The Bertz CT molecular complexity index is 6550. The van der Waals surface area contributed by atoms with Crippen molar-refractivity contribution in [3.8, 4) is 165 Å². The molecule has 0 amide bonds. The lowest BCUT2D eigenvalue weighted by molar-refractivity contribution is 1.01. The summed E-state index contributed by atoms with van der Waals surface area (Å²) in [7, 11) is 0. The number of benzene rings is 13. The smallest absolute Gasteiger partial charge is 0.164 e. The van der Waals surface area contributed by atoms with E-state index in [4.69, 9.17) is 69.8 Å². The van der Waals surface area contributed by atoms with Gasteiger partial charge < -0.3 is 9.13 Å². The number of rotatable bonds is 15. The first-order valence-electron chi connectivity index (χ1n) is 37.3. The second-order valence-electron chi connectivity index (χ2n) is 27.7. The van der Waals surface area contributed by atoms with Crippen LogP contribution in [-0.4, -0.2) is 78.9 Å². The summed E-state index contributed by atoms with van der Waals surface area (Å²) >= 11 is 0. The van der Waals surface area contributed by atoms with Crippen molar-refractivity contribution in [2.45, 2.75) is 13.8 Å². The molecular formula is C97H61N17. The molecule has 7 heterocycles. The normalized spacial score (nSPS) is 11.4. The maximum Gasteiger partial charge on any atom is 0.164 e. The molecule has 17 nitrogen and oxygen atoms in total. The first kappa shape index (κ1) is 67.4. The zero-order valence-corrected chi connectivity index (χ0v) is 61.4. The molecule has 0 fully saturated rings. The van der Waals surface area contributed by atoms with Crippen LogP contribution in [-0.2, 0) is 0 Å². The van der Waals surface area contributed by atoms with E-state index in [2.05, 4.69) is 94.1 Å². The Kier molecular flexibility index (Phi) is 16.9. The van der Waals surface area contributed by atoms with Crippen molar-refractivity contribution in [1.82, 2.24) is 78.9 Å². The minimum Gasteiger partial charge on any atom is -0.308 e. The number of hydrogen-bond donors (Lipinski definition) is 0. The quantitative estimate of drug-likeness (QED) is 0.0933. The second-order valence-corrected chi connectivity index (χ2v) is 27.7. The molecule has 0 aliphatic carbocycles. The largest absolute Gasteiger partial charge is 0.308 e. The highest BCUT2D eigenvalue weighted by molar-refractivity contribution is 6.13. The van der Waals surface area contributed by atoms with Gasteiger partial charge in [-0.3, -0.25) is 0 Å². The predicted molar refractivity (Wildman–Crippen MR) is 449 cm³/mol. The van der Waals surface area contributed by atoms with E-state index in [1.54, 1.807) is 0 Å². The number of aryl methyl sites for hydroxylation is 2. The first-order chi connectivity index (χ1) is 56.2. The van der Waals surface area contributed by atoms with Crippen molar-refractivity contribution >= 4 is 43.6 Å². The maximum absolute atomic E-state index is 12.4. The van der Waals surface area contributed by atoms with Gasteiger partial charge in [-0.2, -0.15) is 5.26 Å². The summed E-state index contributed by atoms with van der Waals surface area (Å²) < 4.78 is 4.40. The van der Waals surface area contributed by atoms with Gasteiger partial charge in [0.25, 0.3) is 0 Å². The van der Waals surface area contributed by atoms with Crippen LogP contribution in [0.2, 0.25) is 0 Å². The summed E-state index contributed by atoms with van der Waals surface area (Å²) in [4.78, 5) is 72.7. The van der Waals surface area contributed by atoms with Gasteiger partial charge in [-0.1, -0.05) is 291 Å². The molecule has 0 bridgehead atoms. The van der Waals surface area contributed by atoms with Gasteiger partial charge in [-0.05, 0) is 56.3 Å². The molecule has 0 aliphatic heterocycles. The van der Waals surface area contributed by atoms with E-state index in [9.17, 15) is 5.26 Å². The van der Waals surface area contributed by atoms with E-state index in [-0.39, 0.29) is 0 Å². The molecule has 17 heteroatoms. The monoisotopic (exact) mass is 1460 g/mol. The van der Waals surface area contributed by atoms with Crippen LogP contribution in [0.4, 0.5) is 0 Å². The molecule has 0 atom stereocenters. The van der Waals surface area contributed by atoms with Gasteiger partial charge in [-0.25, -0.2) is 69.8 Å². The Hall–Kier alpha value is -15.9. The van der Waals surface area contributed by atoms with Gasteiger partial charge in [0, 0.05) is 99.6 Å².